The first-order valence-electron chi connectivity index (χ1n) is 4.99. The standard InChI is InChI=1S/C11H17FN2O/c1-15-7-6-14-11-3-2-9(4-5-13)8-10(11)12/h2-3,8,14H,4-7,13H2,1H3. The molecule has 0 atom stereocenters. The first-order valence-corrected chi connectivity index (χ1v) is 4.99. The largest absolute Gasteiger partial charge is 0.383 e. The van der Waals surface area contributed by atoms with E-state index in [1.165, 1.54) is 6.07 Å². The number of benzene rings is 1. The predicted octanol–water partition coefficient (Wildman–Crippen LogP) is 1.39. The van der Waals surface area contributed by atoms with Crippen molar-refractivity contribution in [3.05, 3.63) is 29.6 Å². The third kappa shape index (κ3) is 3.85. The number of methoxy groups -OCH3 is 1. The highest BCUT2D eigenvalue weighted by Gasteiger charge is 2.02. The molecule has 0 unspecified atom stereocenters. The summed E-state index contributed by atoms with van der Waals surface area (Å²) in [6.45, 7) is 1.70. The molecular weight excluding hydrogens is 195 g/mol. The Labute approximate surface area is 89.4 Å². The van der Waals surface area contributed by atoms with E-state index in [4.69, 9.17) is 10.5 Å². The zero-order valence-electron chi connectivity index (χ0n) is 8.92. The molecule has 1 aromatic rings. The van der Waals surface area contributed by atoms with E-state index in [1.807, 2.05) is 6.07 Å². The number of nitrogens with one attached hydrogen (secondary N) is 1. The molecule has 0 spiro atoms. The van der Waals surface area contributed by atoms with Gasteiger partial charge in [0.25, 0.3) is 0 Å². The summed E-state index contributed by atoms with van der Waals surface area (Å²) in [6, 6.07) is 5.13. The van der Waals surface area contributed by atoms with Crippen LogP contribution in [0.15, 0.2) is 18.2 Å². The Morgan fingerprint density at radius 3 is 2.87 bits per heavy atom. The summed E-state index contributed by atoms with van der Waals surface area (Å²) in [5.41, 5.74) is 6.82. The zero-order chi connectivity index (χ0) is 11.1. The van der Waals surface area contributed by atoms with E-state index >= 15 is 0 Å². The van der Waals surface area contributed by atoms with Crippen molar-refractivity contribution in [3.8, 4) is 0 Å². The molecular formula is C11H17FN2O. The monoisotopic (exact) mass is 212 g/mol. The molecule has 3 N–H and O–H groups in total. The van der Waals surface area contributed by atoms with Crippen LogP contribution in [0.2, 0.25) is 0 Å². The highest BCUT2D eigenvalue weighted by molar-refractivity contribution is 5.46. The summed E-state index contributed by atoms with van der Waals surface area (Å²) in [5, 5.41) is 2.95. The lowest BCUT2D eigenvalue weighted by atomic mass is 10.1. The van der Waals surface area contributed by atoms with Gasteiger partial charge in [0.05, 0.1) is 12.3 Å². The maximum absolute atomic E-state index is 13.5. The molecule has 4 heteroatoms. The Balaban J connectivity index is 2.58. The lowest BCUT2D eigenvalue weighted by Gasteiger charge is -2.08. The van der Waals surface area contributed by atoms with Gasteiger partial charge in [-0.15, -0.1) is 0 Å². The van der Waals surface area contributed by atoms with Gasteiger partial charge in [-0.25, -0.2) is 4.39 Å². The van der Waals surface area contributed by atoms with Crippen molar-refractivity contribution in [1.82, 2.24) is 0 Å². The molecule has 0 saturated carbocycles. The number of ether oxygens (including phenoxy) is 1. The molecule has 0 aromatic heterocycles. The molecule has 3 nitrogen and oxygen atoms in total. The minimum atomic E-state index is -0.239. The van der Waals surface area contributed by atoms with Gasteiger partial charge in [-0.2, -0.15) is 0 Å². The van der Waals surface area contributed by atoms with Crippen LogP contribution >= 0.6 is 0 Å². The molecule has 15 heavy (non-hydrogen) atoms. The molecule has 0 aliphatic carbocycles. The summed E-state index contributed by atoms with van der Waals surface area (Å²) >= 11 is 0. The first-order chi connectivity index (χ1) is 7.27. The molecule has 0 aliphatic heterocycles. The quantitative estimate of drug-likeness (QED) is 0.700. The fraction of sp³-hybridized carbons (Fsp3) is 0.455. The van der Waals surface area contributed by atoms with Crippen molar-refractivity contribution in [3.63, 3.8) is 0 Å². The Kier molecular flexibility index (Phi) is 5.07. The zero-order valence-corrected chi connectivity index (χ0v) is 8.92. The van der Waals surface area contributed by atoms with Gasteiger partial charge in [0, 0.05) is 13.7 Å². The van der Waals surface area contributed by atoms with E-state index in [9.17, 15) is 4.39 Å². The van der Waals surface area contributed by atoms with Crippen molar-refractivity contribution < 1.29 is 9.13 Å². The van der Waals surface area contributed by atoms with Gasteiger partial charge in [-0.3, -0.25) is 0 Å². The summed E-state index contributed by atoms with van der Waals surface area (Å²) in [5.74, 6) is -0.239. The average molecular weight is 212 g/mol. The molecule has 1 rings (SSSR count). The summed E-state index contributed by atoms with van der Waals surface area (Å²) in [7, 11) is 1.61. The van der Waals surface area contributed by atoms with Crippen LogP contribution in [0.25, 0.3) is 0 Å². The normalized spacial score (nSPS) is 10.3. The van der Waals surface area contributed by atoms with Crippen molar-refractivity contribution in [1.29, 1.82) is 0 Å². The Morgan fingerprint density at radius 2 is 2.27 bits per heavy atom. The van der Waals surface area contributed by atoms with E-state index in [-0.39, 0.29) is 5.82 Å². The van der Waals surface area contributed by atoms with Crippen LogP contribution in [0.5, 0.6) is 0 Å². The molecule has 0 saturated heterocycles. The van der Waals surface area contributed by atoms with E-state index in [1.54, 1.807) is 13.2 Å². The molecule has 0 heterocycles. The summed E-state index contributed by atoms with van der Waals surface area (Å²) < 4.78 is 18.3. The fourth-order valence-electron chi connectivity index (χ4n) is 1.31. The van der Waals surface area contributed by atoms with Crippen LogP contribution in [-0.2, 0) is 11.2 Å². The fourth-order valence-corrected chi connectivity index (χ4v) is 1.31. The average Bonchev–Trinajstić information content (AvgIpc) is 2.22. The van der Waals surface area contributed by atoms with Gasteiger partial charge in [0.2, 0.25) is 0 Å². The lowest BCUT2D eigenvalue weighted by Crippen LogP contribution is -2.09. The maximum Gasteiger partial charge on any atom is 0.146 e. The second kappa shape index (κ2) is 6.37. The summed E-state index contributed by atoms with van der Waals surface area (Å²) in [4.78, 5) is 0. The highest BCUT2D eigenvalue weighted by Crippen LogP contribution is 2.15. The van der Waals surface area contributed by atoms with Crippen molar-refractivity contribution in [2.24, 2.45) is 5.73 Å². The van der Waals surface area contributed by atoms with Crippen molar-refractivity contribution >= 4 is 5.69 Å². The second-order valence-corrected chi connectivity index (χ2v) is 3.27. The minimum Gasteiger partial charge on any atom is -0.383 e. The number of rotatable bonds is 6. The number of hydrogen-bond acceptors (Lipinski definition) is 3. The molecule has 0 radical (unpaired) electrons. The first kappa shape index (κ1) is 11.9. The van der Waals surface area contributed by atoms with E-state index in [0.717, 1.165) is 5.56 Å². The van der Waals surface area contributed by atoms with Gasteiger partial charge in [-0.05, 0) is 30.7 Å². The third-order valence-electron chi connectivity index (χ3n) is 2.09. The highest BCUT2D eigenvalue weighted by atomic mass is 19.1. The number of nitrogens with two attached hydrogens (primary N) is 1. The molecule has 0 amide bonds. The summed E-state index contributed by atoms with van der Waals surface area (Å²) in [6.07, 6.45) is 0.704. The van der Waals surface area contributed by atoms with Crippen LogP contribution in [0.4, 0.5) is 10.1 Å². The number of anilines is 1. The maximum atomic E-state index is 13.5. The molecule has 0 fully saturated rings. The van der Waals surface area contributed by atoms with Crippen LogP contribution in [0.1, 0.15) is 5.56 Å². The Hall–Kier alpha value is -1.13. The van der Waals surface area contributed by atoms with Crippen molar-refractivity contribution in [2.75, 3.05) is 32.1 Å². The Morgan fingerprint density at radius 1 is 1.47 bits per heavy atom. The van der Waals surface area contributed by atoms with E-state index < -0.39 is 0 Å². The van der Waals surface area contributed by atoms with Crippen LogP contribution in [-0.4, -0.2) is 26.8 Å². The number of halogens is 1. The second-order valence-electron chi connectivity index (χ2n) is 3.27. The smallest absolute Gasteiger partial charge is 0.146 e. The van der Waals surface area contributed by atoms with Crippen LogP contribution in [0, 0.1) is 5.82 Å². The third-order valence-corrected chi connectivity index (χ3v) is 2.09. The lowest BCUT2D eigenvalue weighted by molar-refractivity contribution is 0.210. The molecule has 0 bridgehead atoms. The topological polar surface area (TPSA) is 47.3 Å². The van der Waals surface area contributed by atoms with Gasteiger partial charge < -0.3 is 15.8 Å². The Bertz CT molecular complexity index is 305. The molecule has 1 aromatic carbocycles. The SMILES string of the molecule is COCCNc1ccc(CCN)cc1F. The van der Waals surface area contributed by atoms with E-state index in [2.05, 4.69) is 5.32 Å². The van der Waals surface area contributed by atoms with Crippen LogP contribution in [0.3, 0.4) is 0 Å². The predicted molar refractivity (Wildman–Crippen MR) is 59.5 cm³/mol. The van der Waals surface area contributed by atoms with Gasteiger partial charge in [0.15, 0.2) is 0 Å². The van der Waals surface area contributed by atoms with Crippen LogP contribution < -0.4 is 11.1 Å². The number of hydrogen-bond donors (Lipinski definition) is 2. The van der Waals surface area contributed by atoms with Gasteiger partial charge in [-0.1, -0.05) is 6.07 Å². The van der Waals surface area contributed by atoms with Gasteiger partial charge >= 0.3 is 0 Å². The van der Waals surface area contributed by atoms with Crippen molar-refractivity contribution in [2.45, 2.75) is 6.42 Å². The molecule has 84 valence electrons. The molecule has 0 aliphatic rings. The minimum absolute atomic E-state index is 0.239. The van der Waals surface area contributed by atoms with Gasteiger partial charge in [0.1, 0.15) is 5.82 Å². The van der Waals surface area contributed by atoms with E-state index in [0.29, 0.717) is 31.8 Å².